The van der Waals surface area contributed by atoms with Gasteiger partial charge in [0.05, 0.1) is 0 Å². The van der Waals surface area contributed by atoms with Gasteiger partial charge in [0.1, 0.15) is 0 Å². The van der Waals surface area contributed by atoms with Gasteiger partial charge in [-0.05, 0) is 36.0 Å². The van der Waals surface area contributed by atoms with Crippen molar-refractivity contribution < 1.29 is 0 Å². The lowest BCUT2D eigenvalue weighted by molar-refractivity contribution is 0.788. The lowest BCUT2D eigenvalue weighted by Crippen LogP contribution is -1.98. The van der Waals surface area contributed by atoms with Crippen molar-refractivity contribution in [2.45, 2.75) is 25.2 Å². The van der Waals surface area contributed by atoms with E-state index >= 15 is 0 Å². The van der Waals surface area contributed by atoms with Crippen LogP contribution in [-0.4, -0.2) is 0 Å². The smallest absolute Gasteiger partial charge is 0.0242 e. The SMILES string of the molecule is C#Cc1ccc(C2(C)CC2)cc1. The predicted molar refractivity (Wildman–Crippen MR) is 51.0 cm³/mol. The first-order chi connectivity index (χ1) is 5.74. The highest BCUT2D eigenvalue weighted by atomic mass is 14.4. The first kappa shape index (κ1) is 7.43. The van der Waals surface area contributed by atoms with Crippen LogP contribution in [0.3, 0.4) is 0 Å². The Morgan fingerprint density at radius 1 is 1.25 bits per heavy atom. The summed E-state index contributed by atoms with van der Waals surface area (Å²) >= 11 is 0. The second-order valence-electron chi connectivity index (χ2n) is 3.78. The average molecular weight is 156 g/mol. The Balaban J connectivity index is 2.32. The Bertz CT molecular complexity index is 320. The summed E-state index contributed by atoms with van der Waals surface area (Å²) in [5.74, 6) is 2.63. The quantitative estimate of drug-likeness (QED) is 0.548. The largest absolute Gasteiger partial charge is 0.115 e. The van der Waals surface area contributed by atoms with E-state index in [0.29, 0.717) is 5.41 Å². The Labute approximate surface area is 73.6 Å². The number of hydrogen-bond acceptors (Lipinski definition) is 0. The molecule has 0 saturated heterocycles. The Hall–Kier alpha value is -1.22. The van der Waals surface area contributed by atoms with E-state index in [9.17, 15) is 0 Å². The highest BCUT2D eigenvalue weighted by Crippen LogP contribution is 2.47. The zero-order valence-electron chi connectivity index (χ0n) is 7.30. The number of terminal acetylenes is 1. The molecule has 0 nitrogen and oxygen atoms in total. The van der Waals surface area contributed by atoms with Gasteiger partial charge in [-0.2, -0.15) is 0 Å². The summed E-state index contributed by atoms with van der Waals surface area (Å²) in [6.07, 6.45) is 7.92. The van der Waals surface area contributed by atoms with Gasteiger partial charge in [0.15, 0.2) is 0 Å². The van der Waals surface area contributed by atoms with Crippen LogP contribution in [0.2, 0.25) is 0 Å². The first-order valence-corrected chi connectivity index (χ1v) is 4.32. The molecule has 0 unspecified atom stereocenters. The summed E-state index contributed by atoms with van der Waals surface area (Å²) in [6.45, 7) is 2.30. The zero-order chi connectivity index (χ0) is 8.60. The van der Waals surface area contributed by atoms with Gasteiger partial charge >= 0.3 is 0 Å². The molecule has 1 aliphatic carbocycles. The van der Waals surface area contributed by atoms with Gasteiger partial charge < -0.3 is 0 Å². The number of rotatable bonds is 1. The minimum absolute atomic E-state index is 0.465. The lowest BCUT2D eigenvalue weighted by atomic mass is 9.97. The minimum atomic E-state index is 0.465. The molecule has 0 bridgehead atoms. The molecule has 12 heavy (non-hydrogen) atoms. The highest BCUT2D eigenvalue weighted by Gasteiger charge is 2.38. The number of benzene rings is 1. The van der Waals surface area contributed by atoms with E-state index in [1.165, 1.54) is 18.4 Å². The average Bonchev–Trinajstić information content (AvgIpc) is 2.85. The molecule has 0 heteroatoms. The van der Waals surface area contributed by atoms with Crippen LogP contribution in [0.25, 0.3) is 0 Å². The number of hydrogen-bond donors (Lipinski definition) is 0. The fourth-order valence-corrected chi connectivity index (χ4v) is 1.44. The van der Waals surface area contributed by atoms with Crippen LogP contribution >= 0.6 is 0 Å². The molecular formula is C12H12. The van der Waals surface area contributed by atoms with E-state index in [0.717, 1.165) is 5.56 Å². The molecular weight excluding hydrogens is 144 g/mol. The summed E-state index contributed by atoms with van der Waals surface area (Å²) in [5.41, 5.74) is 2.87. The topological polar surface area (TPSA) is 0 Å². The molecule has 1 saturated carbocycles. The maximum atomic E-state index is 5.27. The molecule has 2 rings (SSSR count). The van der Waals surface area contributed by atoms with Crippen molar-refractivity contribution in [3.8, 4) is 12.3 Å². The summed E-state index contributed by atoms with van der Waals surface area (Å²) < 4.78 is 0. The minimum Gasteiger partial charge on any atom is -0.115 e. The van der Waals surface area contributed by atoms with Crippen molar-refractivity contribution >= 4 is 0 Å². The third-order valence-corrected chi connectivity index (χ3v) is 2.75. The molecule has 1 aromatic carbocycles. The molecule has 1 aromatic rings. The Kier molecular flexibility index (Phi) is 1.48. The standard InChI is InChI=1S/C12H12/c1-3-10-4-6-11(7-5-10)12(2)8-9-12/h1,4-7H,8-9H2,2H3. The van der Waals surface area contributed by atoms with Gasteiger partial charge in [-0.1, -0.05) is 25.0 Å². The molecule has 1 aliphatic rings. The molecule has 0 spiro atoms. The third-order valence-electron chi connectivity index (χ3n) is 2.75. The summed E-state index contributed by atoms with van der Waals surface area (Å²) in [7, 11) is 0. The molecule has 0 aromatic heterocycles. The van der Waals surface area contributed by atoms with Crippen LogP contribution in [0.1, 0.15) is 30.9 Å². The van der Waals surface area contributed by atoms with Gasteiger partial charge in [0, 0.05) is 5.56 Å². The molecule has 1 fully saturated rings. The normalized spacial score (nSPS) is 18.3. The van der Waals surface area contributed by atoms with E-state index in [2.05, 4.69) is 25.0 Å². The second kappa shape index (κ2) is 2.38. The van der Waals surface area contributed by atoms with Crippen molar-refractivity contribution in [1.29, 1.82) is 0 Å². The van der Waals surface area contributed by atoms with Gasteiger partial charge in [-0.25, -0.2) is 0 Å². The van der Waals surface area contributed by atoms with Crippen molar-refractivity contribution in [2.75, 3.05) is 0 Å². The Morgan fingerprint density at radius 3 is 2.25 bits per heavy atom. The van der Waals surface area contributed by atoms with Crippen LogP contribution in [0, 0.1) is 12.3 Å². The molecule has 0 N–H and O–H groups in total. The first-order valence-electron chi connectivity index (χ1n) is 4.32. The van der Waals surface area contributed by atoms with Gasteiger partial charge in [-0.15, -0.1) is 6.42 Å². The highest BCUT2D eigenvalue weighted by molar-refractivity contribution is 5.38. The van der Waals surface area contributed by atoms with E-state index in [1.807, 2.05) is 12.1 Å². The van der Waals surface area contributed by atoms with Crippen LogP contribution in [0.4, 0.5) is 0 Å². The van der Waals surface area contributed by atoms with Gasteiger partial charge in [0.2, 0.25) is 0 Å². The van der Waals surface area contributed by atoms with E-state index in [-0.39, 0.29) is 0 Å². The molecule has 0 heterocycles. The second-order valence-corrected chi connectivity index (χ2v) is 3.78. The molecule has 60 valence electrons. The van der Waals surface area contributed by atoms with Gasteiger partial charge in [0.25, 0.3) is 0 Å². The fourth-order valence-electron chi connectivity index (χ4n) is 1.44. The van der Waals surface area contributed by atoms with Crippen molar-refractivity contribution in [2.24, 2.45) is 0 Å². The zero-order valence-corrected chi connectivity index (χ0v) is 7.30. The van der Waals surface area contributed by atoms with E-state index < -0.39 is 0 Å². The maximum Gasteiger partial charge on any atom is 0.0242 e. The van der Waals surface area contributed by atoms with Crippen LogP contribution in [-0.2, 0) is 5.41 Å². The molecule has 0 aliphatic heterocycles. The maximum absolute atomic E-state index is 5.27. The molecule has 0 amide bonds. The van der Waals surface area contributed by atoms with Crippen LogP contribution in [0.15, 0.2) is 24.3 Å². The monoisotopic (exact) mass is 156 g/mol. The predicted octanol–water partition coefficient (Wildman–Crippen LogP) is 2.72. The lowest BCUT2D eigenvalue weighted by Gasteiger charge is -2.07. The fraction of sp³-hybridized carbons (Fsp3) is 0.333. The van der Waals surface area contributed by atoms with Crippen molar-refractivity contribution in [3.05, 3.63) is 35.4 Å². The Morgan fingerprint density at radius 2 is 1.83 bits per heavy atom. The van der Waals surface area contributed by atoms with E-state index in [4.69, 9.17) is 6.42 Å². The molecule has 0 radical (unpaired) electrons. The van der Waals surface area contributed by atoms with Crippen molar-refractivity contribution in [1.82, 2.24) is 0 Å². The summed E-state index contributed by atoms with van der Waals surface area (Å²) in [4.78, 5) is 0. The molecule has 0 atom stereocenters. The van der Waals surface area contributed by atoms with Crippen LogP contribution < -0.4 is 0 Å². The summed E-state index contributed by atoms with van der Waals surface area (Å²) in [5, 5.41) is 0. The third kappa shape index (κ3) is 1.12. The van der Waals surface area contributed by atoms with Gasteiger partial charge in [-0.3, -0.25) is 0 Å². The van der Waals surface area contributed by atoms with Crippen LogP contribution in [0.5, 0.6) is 0 Å². The summed E-state index contributed by atoms with van der Waals surface area (Å²) in [6, 6.07) is 8.36. The van der Waals surface area contributed by atoms with E-state index in [1.54, 1.807) is 0 Å². The van der Waals surface area contributed by atoms with Crippen molar-refractivity contribution in [3.63, 3.8) is 0 Å².